The number of nitrogens with zero attached hydrogens (tertiary/aromatic N) is 1. The van der Waals surface area contributed by atoms with E-state index in [0.717, 1.165) is 16.9 Å². The molecule has 0 saturated carbocycles. The Kier molecular flexibility index (Phi) is 5.05. The van der Waals surface area contributed by atoms with E-state index in [0.29, 0.717) is 16.4 Å². The van der Waals surface area contributed by atoms with Gasteiger partial charge >= 0.3 is 0 Å². The fourth-order valence-corrected chi connectivity index (χ4v) is 2.67. The topological polar surface area (TPSA) is 67.0 Å². The molecule has 0 unspecified atom stereocenters. The standard InChI is InChI=1S/C19H18ClN3O2/c1-12(13-6-8-16(25-2)9-7-13)21-19(24)18-11-17(22-23-18)14-4-3-5-15(20)10-14/h3-12H,1-2H3,(H,21,24)(H,22,23)/t12-/m1/s1. The molecule has 0 saturated heterocycles. The summed E-state index contributed by atoms with van der Waals surface area (Å²) in [5, 5.41) is 10.5. The Morgan fingerprint density at radius 2 is 1.96 bits per heavy atom. The van der Waals surface area contributed by atoms with Crippen LogP contribution in [0.3, 0.4) is 0 Å². The Labute approximate surface area is 151 Å². The van der Waals surface area contributed by atoms with Crippen molar-refractivity contribution in [3.63, 3.8) is 0 Å². The number of rotatable bonds is 5. The molecule has 3 aromatic rings. The number of halogens is 1. The van der Waals surface area contributed by atoms with Crippen LogP contribution in [0.5, 0.6) is 5.75 Å². The van der Waals surface area contributed by atoms with Crippen molar-refractivity contribution in [1.82, 2.24) is 15.5 Å². The first-order valence-electron chi connectivity index (χ1n) is 7.83. The second-order valence-corrected chi connectivity index (χ2v) is 6.08. The molecule has 1 atom stereocenters. The lowest BCUT2D eigenvalue weighted by atomic mass is 10.1. The molecule has 1 aromatic heterocycles. The number of carbonyl (C=O) groups is 1. The Morgan fingerprint density at radius 3 is 2.64 bits per heavy atom. The summed E-state index contributed by atoms with van der Waals surface area (Å²) in [6.07, 6.45) is 0. The number of benzene rings is 2. The summed E-state index contributed by atoms with van der Waals surface area (Å²) in [6, 6.07) is 16.5. The van der Waals surface area contributed by atoms with Crippen LogP contribution in [0.1, 0.15) is 29.0 Å². The Bertz CT molecular complexity index is 874. The number of hydrogen-bond acceptors (Lipinski definition) is 3. The zero-order valence-electron chi connectivity index (χ0n) is 13.9. The van der Waals surface area contributed by atoms with E-state index in [2.05, 4.69) is 15.5 Å². The van der Waals surface area contributed by atoms with Gasteiger partial charge in [0.15, 0.2) is 0 Å². The van der Waals surface area contributed by atoms with E-state index in [1.54, 1.807) is 25.3 Å². The van der Waals surface area contributed by atoms with Crippen molar-refractivity contribution in [3.8, 4) is 17.0 Å². The quantitative estimate of drug-likeness (QED) is 0.719. The van der Waals surface area contributed by atoms with Crippen molar-refractivity contribution in [2.75, 3.05) is 7.11 Å². The summed E-state index contributed by atoms with van der Waals surface area (Å²) in [5.41, 5.74) is 2.91. The Hall–Kier alpha value is -2.79. The molecule has 0 spiro atoms. The zero-order valence-corrected chi connectivity index (χ0v) is 14.7. The molecule has 0 bridgehead atoms. The highest BCUT2D eigenvalue weighted by Gasteiger charge is 2.15. The van der Waals surface area contributed by atoms with Crippen LogP contribution >= 0.6 is 11.6 Å². The molecule has 3 rings (SSSR count). The first-order valence-corrected chi connectivity index (χ1v) is 8.21. The fraction of sp³-hybridized carbons (Fsp3) is 0.158. The molecular weight excluding hydrogens is 338 g/mol. The van der Waals surface area contributed by atoms with E-state index in [-0.39, 0.29) is 11.9 Å². The Balaban J connectivity index is 1.70. The van der Waals surface area contributed by atoms with Crippen molar-refractivity contribution in [2.45, 2.75) is 13.0 Å². The second-order valence-electron chi connectivity index (χ2n) is 5.65. The zero-order chi connectivity index (χ0) is 17.8. The van der Waals surface area contributed by atoms with Gasteiger partial charge in [-0.05, 0) is 42.8 Å². The van der Waals surface area contributed by atoms with E-state index < -0.39 is 0 Å². The van der Waals surface area contributed by atoms with Crippen molar-refractivity contribution in [2.24, 2.45) is 0 Å². The SMILES string of the molecule is COc1ccc([C@@H](C)NC(=O)c2cc(-c3cccc(Cl)c3)n[nH]2)cc1. The highest BCUT2D eigenvalue weighted by molar-refractivity contribution is 6.30. The lowest BCUT2D eigenvalue weighted by Crippen LogP contribution is -2.26. The van der Waals surface area contributed by atoms with Crippen LogP contribution in [0, 0.1) is 0 Å². The van der Waals surface area contributed by atoms with Crippen LogP contribution < -0.4 is 10.1 Å². The predicted octanol–water partition coefficient (Wildman–Crippen LogP) is 4.23. The van der Waals surface area contributed by atoms with E-state index in [4.69, 9.17) is 16.3 Å². The number of aromatic nitrogens is 2. The average Bonchev–Trinajstić information content (AvgIpc) is 3.12. The fourth-order valence-electron chi connectivity index (χ4n) is 2.48. The van der Waals surface area contributed by atoms with Crippen molar-refractivity contribution >= 4 is 17.5 Å². The minimum atomic E-state index is -0.218. The van der Waals surface area contributed by atoms with Crippen LogP contribution in [-0.2, 0) is 0 Å². The molecule has 0 aliphatic heterocycles. The minimum absolute atomic E-state index is 0.142. The third-order valence-corrected chi connectivity index (χ3v) is 4.14. The lowest BCUT2D eigenvalue weighted by molar-refractivity contribution is 0.0935. The maximum absolute atomic E-state index is 12.4. The van der Waals surface area contributed by atoms with Crippen LogP contribution in [0.25, 0.3) is 11.3 Å². The number of carbonyl (C=O) groups excluding carboxylic acids is 1. The van der Waals surface area contributed by atoms with Gasteiger partial charge in [0.1, 0.15) is 11.4 Å². The van der Waals surface area contributed by atoms with E-state index >= 15 is 0 Å². The average molecular weight is 356 g/mol. The highest BCUT2D eigenvalue weighted by atomic mass is 35.5. The third-order valence-electron chi connectivity index (χ3n) is 3.91. The monoisotopic (exact) mass is 355 g/mol. The molecule has 0 aliphatic carbocycles. The molecule has 0 aliphatic rings. The number of amides is 1. The molecular formula is C19H18ClN3O2. The van der Waals surface area contributed by atoms with Gasteiger partial charge in [-0.1, -0.05) is 35.9 Å². The maximum Gasteiger partial charge on any atom is 0.269 e. The molecule has 2 N–H and O–H groups in total. The van der Waals surface area contributed by atoms with E-state index in [9.17, 15) is 4.79 Å². The predicted molar refractivity (Wildman–Crippen MR) is 97.9 cm³/mol. The molecule has 6 heteroatoms. The summed E-state index contributed by atoms with van der Waals surface area (Å²) < 4.78 is 5.14. The first-order chi connectivity index (χ1) is 12.1. The molecule has 25 heavy (non-hydrogen) atoms. The normalized spacial score (nSPS) is 11.8. The van der Waals surface area contributed by atoms with Gasteiger partial charge < -0.3 is 10.1 Å². The van der Waals surface area contributed by atoms with Crippen molar-refractivity contribution in [1.29, 1.82) is 0 Å². The summed E-state index contributed by atoms with van der Waals surface area (Å²) in [6.45, 7) is 1.92. The number of nitrogens with one attached hydrogen (secondary N) is 2. The number of aromatic amines is 1. The number of hydrogen-bond donors (Lipinski definition) is 2. The van der Waals surface area contributed by atoms with Crippen molar-refractivity contribution in [3.05, 3.63) is 70.9 Å². The molecule has 0 radical (unpaired) electrons. The van der Waals surface area contributed by atoms with Gasteiger partial charge in [-0.3, -0.25) is 9.89 Å². The molecule has 1 amide bonds. The van der Waals surface area contributed by atoms with Gasteiger partial charge in [0.25, 0.3) is 5.91 Å². The third kappa shape index (κ3) is 4.00. The van der Waals surface area contributed by atoms with Gasteiger partial charge in [-0.2, -0.15) is 5.10 Å². The number of H-pyrrole nitrogens is 1. The number of ether oxygens (including phenoxy) is 1. The van der Waals surface area contributed by atoms with Crippen molar-refractivity contribution < 1.29 is 9.53 Å². The molecule has 2 aromatic carbocycles. The summed E-state index contributed by atoms with van der Waals surface area (Å²) in [7, 11) is 1.62. The first kappa shape index (κ1) is 17.0. The molecule has 5 nitrogen and oxygen atoms in total. The van der Waals surface area contributed by atoms with Gasteiger partial charge in [-0.15, -0.1) is 0 Å². The van der Waals surface area contributed by atoms with Gasteiger partial charge in [-0.25, -0.2) is 0 Å². The summed E-state index contributed by atoms with van der Waals surface area (Å²) >= 11 is 6.00. The van der Waals surface area contributed by atoms with Gasteiger partial charge in [0.2, 0.25) is 0 Å². The van der Waals surface area contributed by atoms with Crippen LogP contribution in [-0.4, -0.2) is 23.2 Å². The molecule has 0 fully saturated rings. The van der Waals surface area contributed by atoms with E-state index in [1.807, 2.05) is 43.3 Å². The lowest BCUT2D eigenvalue weighted by Gasteiger charge is -2.14. The highest BCUT2D eigenvalue weighted by Crippen LogP contribution is 2.22. The minimum Gasteiger partial charge on any atom is -0.497 e. The smallest absolute Gasteiger partial charge is 0.269 e. The largest absolute Gasteiger partial charge is 0.497 e. The summed E-state index contributed by atoms with van der Waals surface area (Å²) in [4.78, 5) is 12.4. The number of methoxy groups -OCH3 is 1. The van der Waals surface area contributed by atoms with Crippen LogP contribution in [0.2, 0.25) is 5.02 Å². The van der Waals surface area contributed by atoms with Crippen LogP contribution in [0.4, 0.5) is 0 Å². The summed E-state index contributed by atoms with van der Waals surface area (Å²) in [5.74, 6) is 0.561. The van der Waals surface area contributed by atoms with E-state index in [1.165, 1.54) is 0 Å². The second kappa shape index (κ2) is 7.40. The Morgan fingerprint density at radius 1 is 1.20 bits per heavy atom. The molecule has 1 heterocycles. The van der Waals surface area contributed by atoms with Gasteiger partial charge in [0, 0.05) is 10.6 Å². The molecule has 128 valence electrons. The van der Waals surface area contributed by atoms with Gasteiger partial charge in [0.05, 0.1) is 18.8 Å². The maximum atomic E-state index is 12.4. The van der Waals surface area contributed by atoms with Crippen LogP contribution in [0.15, 0.2) is 54.6 Å².